The Morgan fingerprint density at radius 3 is 2.00 bits per heavy atom. The predicted octanol–water partition coefficient (Wildman–Crippen LogP) is 2.37. The SMILES string of the molecule is CCC(COC)NC(=O)c1ccc(C(=O)NC(C)(C)C)cc1. The molecule has 0 saturated carbocycles. The van der Waals surface area contributed by atoms with Gasteiger partial charge in [-0.2, -0.15) is 0 Å². The molecule has 0 aliphatic rings. The van der Waals surface area contributed by atoms with Crippen molar-refractivity contribution in [2.75, 3.05) is 13.7 Å². The van der Waals surface area contributed by atoms with Crippen molar-refractivity contribution in [2.45, 2.75) is 45.7 Å². The van der Waals surface area contributed by atoms with Crippen LogP contribution >= 0.6 is 0 Å². The maximum Gasteiger partial charge on any atom is 0.251 e. The molecule has 1 atom stereocenters. The lowest BCUT2D eigenvalue weighted by Crippen LogP contribution is -2.40. The summed E-state index contributed by atoms with van der Waals surface area (Å²) >= 11 is 0. The molecule has 22 heavy (non-hydrogen) atoms. The maximum absolute atomic E-state index is 12.1. The van der Waals surface area contributed by atoms with Crippen LogP contribution in [0.25, 0.3) is 0 Å². The summed E-state index contributed by atoms with van der Waals surface area (Å²) in [6, 6.07) is 6.63. The number of carbonyl (C=O) groups is 2. The van der Waals surface area contributed by atoms with Crippen LogP contribution < -0.4 is 10.6 Å². The van der Waals surface area contributed by atoms with E-state index in [1.54, 1.807) is 31.4 Å². The Hall–Kier alpha value is -1.88. The molecule has 0 radical (unpaired) electrons. The molecule has 5 nitrogen and oxygen atoms in total. The molecule has 1 unspecified atom stereocenters. The lowest BCUT2D eigenvalue weighted by Gasteiger charge is -2.20. The van der Waals surface area contributed by atoms with Crippen LogP contribution in [0.15, 0.2) is 24.3 Å². The van der Waals surface area contributed by atoms with Crippen LogP contribution in [-0.2, 0) is 4.74 Å². The van der Waals surface area contributed by atoms with Gasteiger partial charge in [0.15, 0.2) is 0 Å². The molecule has 1 aromatic rings. The summed E-state index contributed by atoms with van der Waals surface area (Å²) in [5.41, 5.74) is 0.777. The number of hydrogen-bond acceptors (Lipinski definition) is 3. The minimum absolute atomic E-state index is 0.0126. The zero-order chi connectivity index (χ0) is 16.8. The number of amides is 2. The Balaban J connectivity index is 2.72. The Labute approximate surface area is 132 Å². The molecule has 5 heteroatoms. The first kappa shape index (κ1) is 18.2. The van der Waals surface area contributed by atoms with E-state index in [4.69, 9.17) is 4.74 Å². The lowest BCUT2D eigenvalue weighted by molar-refractivity contribution is 0.0890. The molecule has 1 rings (SSSR count). The largest absolute Gasteiger partial charge is 0.383 e. The van der Waals surface area contributed by atoms with Crippen LogP contribution in [-0.4, -0.2) is 37.1 Å². The molecule has 1 aromatic carbocycles. The Morgan fingerprint density at radius 2 is 1.59 bits per heavy atom. The first-order chi connectivity index (χ1) is 10.3. The van der Waals surface area contributed by atoms with E-state index < -0.39 is 0 Å². The van der Waals surface area contributed by atoms with Gasteiger partial charge in [0.05, 0.1) is 12.6 Å². The molecule has 2 amide bonds. The van der Waals surface area contributed by atoms with Crippen molar-refractivity contribution in [1.29, 1.82) is 0 Å². The van der Waals surface area contributed by atoms with E-state index >= 15 is 0 Å². The number of methoxy groups -OCH3 is 1. The topological polar surface area (TPSA) is 67.4 Å². The van der Waals surface area contributed by atoms with Gasteiger partial charge in [-0.1, -0.05) is 6.92 Å². The van der Waals surface area contributed by atoms with Crippen LogP contribution in [0.5, 0.6) is 0 Å². The Morgan fingerprint density at radius 1 is 1.09 bits per heavy atom. The van der Waals surface area contributed by atoms with E-state index in [0.29, 0.717) is 17.7 Å². The zero-order valence-electron chi connectivity index (χ0n) is 14.0. The van der Waals surface area contributed by atoms with Crippen molar-refractivity contribution in [1.82, 2.24) is 10.6 Å². The third-order valence-corrected chi connectivity index (χ3v) is 3.09. The first-order valence-electron chi connectivity index (χ1n) is 7.49. The molecule has 0 fully saturated rings. The van der Waals surface area contributed by atoms with Crippen molar-refractivity contribution in [3.8, 4) is 0 Å². The number of benzene rings is 1. The van der Waals surface area contributed by atoms with E-state index in [1.165, 1.54) is 0 Å². The van der Waals surface area contributed by atoms with E-state index in [2.05, 4.69) is 10.6 Å². The third kappa shape index (κ3) is 5.85. The maximum atomic E-state index is 12.1. The molecule has 0 aliphatic carbocycles. The Bertz CT molecular complexity index is 504. The summed E-state index contributed by atoms with van der Waals surface area (Å²) in [5, 5.41) is 5.79. The van der Waals surface area contributed by atoms with Crippen LogP contribution in [0, 0.1) is 0 Å². The first-order valence-corrected chi connectivity index (χ1v) is 7.49. The van der Waals surface area contributed by atoms with Crippen LogP contribution in [0.3, 0.4) is 0 Å². The average molecular weight is 306 g/mol. The van der Waals surface area contributed by atoms with Crippen molar-refractivity contribution < 1.29 is 14.3 Å². The highest BCUT2D eigenvalue weighted by molar-refractivity contribution is 5.98. The third-order valence-electron chi connectivity index (χ3n) is 3.09. The second-order valence-electron chi connectivity index (χ2n) is 6.32. The fourth-order valence-electron chi connectivity index (χ4n) is 1.92. The number of hydrogen-bond donors (Lipinski definition) is 2. The summed E-state index contributed by atoms with van der Waals surface area (Å²) in [7, 11) is 1.61. The van der Waals surface area contributed by atoms with Gasteiger partial charge >= 0.3 is 0 Å². The quantitative estimate of drug-likeness (QED) is 0.848. The van der Waals surface area contributed by atoms with Crippen molar-refractivity contribution in [2.24, 2.45) is 0 Å². The molecule has 122 valence electrons. The fourth-order valence-corrected chi connectivity index (χ4v) is 1.92. The lowest BCUT2D eigenvalue weighted by atomic mass is 10.1. The second kappa shape index (κ2) is 7.94. The minimum Gasteiger partial charge on any atom is -0.383 e. The fraction of sp³-hybridized carbons (Fsp3) is 0.529. The smallest absolute Gasteiger partial charge is 0.251 e. The van der Waals surface area contributed by atoms with Gasteiger partial charge in [-0.25, -0.2) is 0 Å². The van der Waals surface area contributed by atoms with Gasteiger partial charge in [0.25, 0.3) is 11.8 Å². The van der Waals surface area contributed by atoms with Crippen LogP contribution in [0.2, 0.25) is 0 Å². The van der Waals surface area contributed by atoms with Crippen molar-refractivity contribution in [3.05, 3.63) is 35.4 Å². The molecule has 0 aromatic heterocycles. The van der Waals surface area contributed by atoms with Gasteiger partial charge in [0, 0.05) is 23.8 Å². The summed E-state index contributed by atoms with van der Waals surface area (Å²) in [4.78, 5) is 24.2. The highest BCUT2D eigenvalue weighted by atomic mass is 16.5. The van der Waals surface area contributed by atoms with Gasteiger partial charge < -0.3 is 15.4 Å². The highest BCUT2D eigenvalue weighted by Gasteiger charge is 2.16. The normalized spacial score (nSPS) is 12.6. The summed E-state index contributed by atoms with van der Waals surface area (Å²) in [6.07, 6.45) is 0.797. The van der Waals surface area contributed by atoms with E-state index in [9.17, 15) is 9.59 Å². The molecule has 0 bridgehead atoms. The van der Waals surface area contributed by atoms with Gasteiger partial charge in [-0.3, -0.25) is 9.59 Å². The summed E-state index contributed by atoms with van der Waals surface area (Å²) < 4.78 is 5.06. The minimum atomic E-state index is -0.290. The second-order valence-corrected chi connectivity index (χ2v) is 6.32. The van der Waals surface area contributed by atoms with Gasteiger partial charge in [0.2, 0.25) is 0 Å². The standard InChI is InChI=1S/C17H26N2O3/c1-6-14(11-22-5)18-15(20)12-7-9-13(10-8-12)16(21)19-17(2,3)4/h7-10,14H,6,11H2,1-5H3,(H,18,20)(H,19,21). The van der Waals surface area contributed by atoms with Crippen LogP contribution in [0.1, 0.15) is 54.8 Å². The molecule has 0 saturated heterocycles. The van der Waals surface area contributed by atoms with E-state index in [1.807, 2.05) is 27.7 Å². The zero-order valence-corrected chi connectivity index (χ0v) is 14.0. The number of ether oxygens (including phenoxy) is 1. The van der Waals surface area contributed by atoms with Crippen molar-refractivity contribution in [3.63, 3.8) is 0 Å². The molecular formula is C17H26N2O3. The van der Waals surface area contributed by atoms with Gasteiger partial charge in [-0.05, 0) is 51.5 Å². The van der Waals surface area contributed by atoms with Crippen LogP contribution in [0.4, 0.5) is 0 Å². The number of carbonyl (C=O) groups excluding carboxylic acids is 2. The van der Waals surface area contributed by atoms with E-state index in [-0.39, 0.29) is 23.4 Å². The van der Waals surface area contributed by atoms with Gasteiger partial charge in [-0.15, -0.1) is 0 Å². The van der Waals surface area contributed by atoms with Crippen molar-refractivity contribution >= 4 is 11.8 Å². The highest BCUT2D eigenvalue weighted by Crippen LogP contribution is 2.08. The molecule has 0 heterocycles. The van der Waals surface area contributed by atoms with Gasteiger partial charge in [0.1, 0.15) is 0 Å². The molecule has 0 aliphatic heterocycles. The van der Waals surface area contributed by atoms with E-state index in [0.717, 1.165) is 6.42 Å². The predicted molar refractivity (Wildman–Crippen MR) is 87.1 cm³/mol. The molecule has 2 N–H and O–H groups in total. The average Bonchev–Trinajstić information content (AvgIpc) is 2.45. The number of rotatable bonds is 6. The summed E-state index contributed by atoms with van der Waals surface area (Å²) in [6.45, 7) is 8.24. The molecular weight excluding hydrogens is 280 g/mol. The summed E-state index contributed by atoms with van der Waals surface area (Å²) in [5.74, 6) is -0.308. The number of nitrogens with one attached hydrogen (secondary N) is 2. The monoisotopic (exact) mass is 306 g/mol. The molecule has 0 spiro atoms. The Kier molecular flexibility index (Phi) is 6.56.